The Morgan fingerprint density at radius 2 is 1.79 bits per heavy atom. The van der Waals surface area contributed by atoms with Gasteiger partial charge in [0.1, 0.15) is 5.75 Å². The maximum atomic E-state index is 5.62. The first-order chi connectivity index (χ1) is 9.13. The van der Waals surface area contributed by atoms with Crippen molar-refractivity contribution in [3.8, 4) is 5.75 Å². The topological polar surface area (TPSA) is 21.3 Å². The highest BCUT2D eigenvalue weighted by molar-refractivity contribution is 5.43. The zero-order valence-electron chi connectivity index (χ0n) is 13.2. The molecular weight excluding hydrogens is 234 g/mol. The molecule has 1 aromatic carbocycles. The molecule has 0 saturated carbocycles. The number of benzene rings is 1. The lowest BCUT2D eigenvalue weighted by Gasteiger charge is -2.35. The number of rotatable bonds is 8. The summed E-state index contributed by atoms with van der Waals surface area (Å²) in [6.07, 6.45) is 4.78. The maximum Gasteiger partial charge on any atom is 0.122 e. The van der Waals surface area contributed by atoms with Gasteiger partial charge in [0.25, 0.3) is 0 Å². The Kier molecular flexibility index (Phi) is 6.36. The van der Waals surface area contributed by atoms with Crippen molar-refractivity contribution in [2.75, 3.05) is 20.7 Å². The molecule has 2 heteroatoms. The van der Waals surface area contributed by atoms with Crippen molar-refractivity contribution in [2.24, 2.45) is 0 Å². The van der Waals surface area contributed by atoms with Crippen LogP contribution in [0.4, 0.5) is 0 Å². The summed E-state index contributed by atoms with van der Waals surface area (Å²) in [4.78, 5) is 0. The Bertz CT molecular complexity index is 370. The minimum absolute atomic E-state index is 0.190. The van der Waals surface area contributed by atoms with Crippen molar-refractivity contribution in [3.05, 3.63) is 29.3 Å². The smallest absolute Gasteiger partial charge is 0.122 e. The summed E-state index contributed by atoms with van der Waals surface area (Å²) >= 11 is 0. The van der Waals surface area contributed by atoms with Crippen LogP contribution >= 0.6 is 0 Å². The number of nitrogens with one attached hydrogen (secondary N) is 1. The van der Waals surface area contributed by atoms with Crippen LogP contribution < -0.4 is 10.1 Å². The van der Waals surface area contributed by atoms with Crippen LogP contribution in [0.2, 0.25) is 0 Å². The minimum atomic E-state index is 0.190. The fraction of sp³-hybridized carbons (Fsp3) is 0.647. The SMILES string of the molecule is CCCC(CCC)(CNC)c1cc(C)ccc1OC. The van der Waals surface area contributed by atoms with Crippen LogP contribution in [-0.2, 0) is 5.41 Å². The fourth-order valence-electron chi connectivity index (χ4n) is 3.20. The molecule has 0 bridgehead atoms. The van der Waals surface area contributed by atoms with Crippen LogP contribution in [0.5, 0.6) is 5.75 Å². The lowest BCUT2D eigenvalue weighted by atomic mass is 9.72. The number of hydrogen-bond donors (Lipinski definition) is 1. The number of methoxy groups -OCH3 is 1. The Morgan fingerprint density at radius 1 is 1.16 bits per heavy atom. The van der Waals surface area contributed by atoms with E-state index in [1.807, 2.05) is 7.05 Å². The van der Waals surface area contributed by atoms with E-state index < -0.39 is 0 Å². The maximum absolute atomic E-state index is 5.62. The van der Waals surface area contributed by atoms with Gasteiger partial charge in [0.05, 0.1) is 7.11 Å². The molecule has 0 heterocycles. The van der Waals surface area contributed by atoms with Crippen molar-refractivity contribution in [3.63, 3.8) is 0 Å². The van der Waals surface area contributed by atoms with Gasteiger partial charge in [-0.3, -0.25) is 0 Å². The van der Waals surface area contributed by atoms with Gasteiger partial charge in [0.15, 0.2) is 0 Å². The zero-order valence-corrected chi connectivity index (χ0v) is 13.2. The van der Waals surface area contributed by atoms with Crippen LogP contribution in [0.3, 0.4) is 0 Å². The standard InChI is InChI=1S/C17H29NO/c1-6-10-17(11-7-2,13-18-4)15-12-14(3)8-9-16(15)19-5/h8-9,12,18H,6-7,10-11,13H2,1-5H3. The molecule has 0 fully saturated rings. The molecule has 0 unspecified atom stereocenters. The monoisotopic (exact) mass is 263 g/mol. The van der Waals surface area contributed by atoms with E-state index in [-0.39, 0.29) is 5.41 Å². The van der Waals surface area contributed by atoms with Gasteiger partial charge < -0.3 is 10.1 Å². The average molecular weight is 263 g/mol. The molecule has 0 aromatic heterocycles. The molecule has 0 spiro atoms. The second-order valence-electron chi connectivity index (χ2n) is 5.51. The molecule has 0 saturated heterocycles. The summed E-state index contributed by atoms with van der Waals surface area (Å²) in [7, 11) is 3.82. The molecule has 0 aliphatic heterocycles. The van der Waals surface area contributed by atoms with Gasteiger partial charge >= 0.3 is 0 Å². The van der Waals surface area contributed by atoms with E-state index in [4.69, 9.17) is 4.74 Å². The fourth-order valence-corrected chi connectivity index (χ4v) is 3.20. The number of ether oxygens (including phenoxy) is 1. The van der Waals surface area contributed by atoms with Gasteiger partial charge in [-0.15, -0.1) is 0 Å². The van der Waals surface area contributed by atoms with E-state index in [1.165, 1.54) is 36.8 Å². The van der Waals surface area contributed by atoms with Gasteiger partial charge in [-0.2, -0.15) is 0 Å². The number of aryl methyl sites for hydroxylation is 1. The van der Waals surface area contributed by atoms with Crippen molar-refractivity contribution in [2.45, 2.75) is 51.9 Å². The van der Waals surface area contributed by atoms with Gasteiger partial charge in [0, 0.05) is 17.5 Å². The second-order valence-corrected chi connectivity index (χ2v) is 5.51. The summed E-state index contributed by atoms with van der Waals surface area (Å²) in [5.74, 6) is 1.03. The summed E-state index contributed by atoms with van der Waals surface area (Å²) in [6.45, 7) is 7.70. The van der Waals surface area contributed by atoms with E-state index in [0.29, 0.717) is 0 Å². The number of likely N-dealkylation sites (N-methyl/N-ethyl adjacent to an activating group) is 1. The van der Waals surface area contributed by atoms with Gasteiger partial charge in [0.2, 0.25) is 0 Å². The molecule has 0 atom stereocenters. The molecule has 0 radical (unpaired) electrons. The van der Waals surface area contributed by atoms with Crippen molar-refractivity contribution >= 4 is 0 Å². The first kappa shape index (κ1) is 16.0. The molecule has 0 aliphatic rings. The predicted octanol–water partition coefficient (Wildman–Crippen LogP) is 4.06. The third-order valence-corrected chi connectivity index (χ3v) is 3.90. The van der Waals surface area contributed by atoms with E-state index in [1.54, 1.807) is 7.11 Å². The van der Waals surface area contributed by atoms with Crippen LogP contribution in [0.1, 0.15) is 50.7 Å². The highest BCUT2D eigenvalue weighted by Gasteiger charge is 2.32. The van der Waals surface area contributed by atoms with Crippen molar-refractivity contribution in [1.29, 1.82) is 0 Å². The quantitative estimate of drug-likeness (QED) is 0.763. The third-order valence-electron chi connectivity index (χ3n) is 3.90. The second kappa shape index (κ2) is 7.54. The first-order valence-electron chi connectivity index (χ1n) is 7.43. The van der Waals surface area contributed by atoms with E-state index in [9.17, 15) is 0 Å². The van der Waals surface area contributed by atoms with E-state index >= 15 is 0 Å². The molecule has 2 nitrogen and oxygen atoms in total. The molecule has 1 N–H and O–H groups in total. The minimum Gasteiger partial charge on any atom is -0.496 e. The largest absolute Gasteiger partial charge is 0.496 e. The first-order valence-corrected chi connectivity index (χ1v) is 7.43. The molecule has 1 aromatic rings. The average Bonchev–Trinajstić information content (AvgIpc) is 2.39. The van der Waals surface area contributed by atoms with Crippen LogP contribution in [0.25, 0.3) is 0 Å². The highest BCUT2D eigenvalue weighted by Crippen LogP contribution is 2.39. The van der Waals surface area contributed by atoms with Crippen molar-refractivity contribution < 1.29 is 4.74 Å². The number of hydrogen-bond acceptors (Lipinski definition) is 2. The molecule has 1 rings (SSSR count). The van der Waals surface area contributed by atoms with Crippen molar-refractivity contribution in [1.82, 2.24) is 5.32 Å². The zero-order chi connectivity index (χ0) is 14.3. The van der Waals surface area contributed by atoms with Crippen LogP contribution in [0.15, 0.2) is 18.2 Å². The van der Waals surface area contributed by atoms with E-state index in [0.717, 1.165) is 12.3 Å². The molecule has 19 heavy (non-hydrogen) atoms. The molecule has 108 valence electrons. The summed E-state index contributed by atoms with van der Waals surface area (Å²) < 4.78 is 5.62. The van der Waals surface area contributed by atoms with Crippen LogP contribution in [0, 0.1) is 6.92 Å². The molecule has 0 aliphatic carbocycles. The van der Waals surface area contributed by atoms with Crippen LogP contribution in [-0.4, -0.2) is 20.7 Å². The molecular formula is C17H29NO. The Labute approximate surface area is 118 Å². The lowest BCUT2D eigenvalue weighted by Crippen LogP contribution is -2.37. The van der Waals surface area contributed by atoms with Gasteiger partial charge in [-0.05, 0) is 32.9 Å². The Hall–Kier alpha value is -1.02. The third kappa shape index (κ3) is 3.73. The molecule has 0 amide bonds. The Balaban J connectivity index is 3.31. The highest BCUT2D eigenvalue weighted by atomic mass is 16.5. The summed E-state index contributed by atoms with van der Waals surface area (Å²) in [5, 5.41) is 3.39. The Morgan fingerprint density at radius 3 is 2.26 bits per heavy atom. The summed E-state index contributed by atoms with van der Waals surface area (Å²) in [6, 6.07) is 6.55. The normalized spacial score (nSPS) is 11.6. The summed E-state index contributed by atoms with van der Waals surface area (Å²) in [5.41, 5.74) is 2.87. The van der Waals surface area contributed by atoms with Gasteiger partial charge in [-0.25, -0.2) is 0 Å². The van der Waals surface area contributed by atoms with Gasteiger partial charge in [-0.1, -0.05) is 44.4 Å². The predicted molar refractivity (Wildman–Crippen MR) is 83.2 cm³/mol. The lowest BCUT2D eigenvalue weighted by molar-refractivity contribution is 0.322. The van der Waals surface area contributed by atoms with E-state index in [2.05, 4.69) is 44.3 Å².